The molecule has 1 unspecified atom stereocenters. The number of carbonyl (C=O) groups excluding carboxylic acids is 1. The van der Waals surface area contributed by atoms with E-state index in [0.717, 1.165) is 23.4 Å². The number of ketones is 1. The first kappa shape index (κ1) is 24.5. The van der Waals surface area contributed by atoms with Gasteiger partial charge in [0.05, 0.1) is 5.56 Å². The fraction of sp³-hybridized carbons (Fsp3) is 0.200. The highest BCUT2D eigenvalue weighted by atomic mass is 32.2. The van der Waals surface area contributed by atoms with Crippen LogP contribution in [0.3, 0.4) is 0 Å². The lowest BCUT2D eigenvalue weighted by Crippen LogP contribution is -2.23. The van der Waals surface area contributed by atoms with Crippen LogP contribution in [-0.2, 0) is 10.0 Å². The molecule has 3 N–H and O–H groups in total. The summed E-state index contributed by atoms with van der Waals surface area (Å²) < 4.78 is 54.0. The predicted molar refractivity (Wildman–Crippen MR) is 132 cm³/mol. The Hall–Kier alpha value is -3.63. The molecule has 2 aromatic carbocycles. The second kappa shape index (κ2) is 9.20. The van der Waals surface area contributed by atoms with E-state index in [2.05, 4.69) is 9.97 Å². The van der Waals surface area contributed by atoms with Crippen molar-refractivity contribution in [3.8, 4) is 11.1 Å². The average Bonchev–Trinajstić information content (AvgIpc) is 3.23. The van der Waals surface area contributed by atoms with Crippen molar-refractivity contribution in [3.05, 3.63) is 83.2 Å². The quantitative estimate of drug-likeness (QED) is 0.364. The molecule has 0 saturated carbocycles. The molecule has 2 heterocycles. The minimum atomic E-state index is -4.17. The molecule has 7 nitrogen and oxygen atoms in total. The highest BCUT2D eigenvalue weighted by Gasteiger charge is 2.30. The Bertz CT molecular complexity index is 1550. The van der Waals surface area contributed by atoms with Gasteiger partial charge in [-0.25, -0.2) is 27.3 Å². The van der Waals surface area contributed by atoms with Crippen LogP contribution >= 0.6 is 0 Å². The van der Waals surface area contributed by atoms with Crippen molar-refractivity contribution < 1.29 is 22.0 Å². The molecule has 1 atom stereocenters. The van der Waals surface area contributed by atoms with Gasteiger partial charge in [0.25, 0.3) is 0 Å². The molecule has 0 aliphatic carbocycles. The monoisotopic (exact) mass is 498 g/mol. The van der Waals surface area contributed by atoms with Gasteiger partial charge < -0.3 is 9.88 Å². The standard InChI is InChI=1S/C25H24F2N4O3S/c1-4-21(35(28,33)34)17-8-9-20(26)22(23(17)27)24(32)19-13-30-25-18(19)11-15(12-29-25)14-6-5-7-16(10-14)31(2)3/h5-13,21H,4H2,1-3H3,(H,29,30)(H2,28,33,34). The first-order valence-corrected chi connectivity index (χ1v) is 12.4. The number of carbonyl (C=O) groups is 1. The van der Waals surface area contributed by atoms with E-state index in [9.17, 15) is 17.6 Å². The zero-order valence-electron chi connectivity index (χ0n) is 19.3. The number of anilines is 1. The minimum absolute atomic E-state index is 0.0109. The topological polar surface area (TPSA) is 109 Å². The first-order chi connectivity index (χ1) is 16.5. The maximum atomic E-state index is 15.4. The molecular weight excluding hydrogens is 474 g/mol. The third-order valence-corrected chi connectivity index (χ3v) is 7.31. The van der Waals surface area contributed by atoms with E-state index in [1.54, 1.807) is 12.3 Å². The van der Waals surface area contributed by atoms with E-state index in [4.69, 9.17) is 5.14 Å². The Balaban J connectivity index is 1.84. The molecule has 0 aliphatic rings. The molecule has 0 bridgehead atoms. The minimum Gasteiger partial charge on any atom is -0.378 e. The molecule has 0 amide bonds. The van der Waals surface area contributed by atoms with Gasteiger partial charge in [0.2, 0.25) is 15.8 Å². The summed E-state index contributed by atoms with van der Waals surface area (Å²) in [4.78, 5) is 22.5. The van der Waals surface area contributed by atoms with Crippen LogP contribution in [0.25, 0.3) is 22.2 Å². The van der Waals surface area contributed by atoms with Crippen LogP contribution in [0.5, 0.6) is 0 Å². The number of nitrogens with two attached hydrogens (primary N) is 1. The van der Waals surface area contributed by atoms with E-state index in [-0.39, 0.29) is 17.5 Å². The van der Waals surface area contributed by atoms with E-state index in [1.165, 1.54) is 13.1 Å². The number of fused-ring (bicyclic) bond motifs is 1. The Labute approximate surface area is 201 Å². The van der Waals surface area contributed by atoms with Gasteiger partial charge in [-0.1, -0.05) is 25.1 Å². The number of hydrogen-bond donors (Lipinski definition) is 2. The van der Waals surface area contributed by atoms with Crippen molar-refractivity contribution in [3.63, 3.8) is 0 Å². The largest absolute Gasteiger partial charge is 0.378 e. The van der Waals surface area contributed by atoms with Crippen LogP contribution in [0, 0.1) is 11.6 Å². The van der Waals surface area contributed by atoms with Crippen LogP contribution in [-0.4, -0.2) is 38.3 Å². The third kappa shape index (κ3) is 4.54. The zero-order chi connectivity index (χ0) is 25.5. The van der Waals surface area contributed by atoms with Gasteiger partial charge in [0, 0.05) is 54.3 Å². The summed E-state index contributed by atoms with van der Waals surface area (Å²) in [5.74, 6) is -3.27. The molecule has 0 radical (unpaired) electrons. The van der Waals surface area contributed by atoms with Crippen molar-refractivity contribution in [2.45, 2.75) is 18.6 Å². The molecule has 10 heteroatoms. The van der Waals surface area contributed by atoms with Gasteiger partial charge >= 0.3 is 0 Å². The van der Waals surface area contributed by atoms with E-state index >= 15 is 4.39 Å². The van der Waals surface area contributed by atoms with Crippen LogP contribution < -0.4 is 10.0 Å². The van der Waals surface area contributed by atoms with Crippen LogP contribution in [0.2, 0.25) is 0 Å². The maximum absolute atomic E-state index is 15.4. The number of halogens is 2. The lowest BCUT2D eigenvalue weighted by molar-refractivity contribution is 0.103. The van der Waals surface area contributed by atoms with E-state index in [1.807, 2.05) is 43.3 Å². The normalized spacial score (nSPS) is 12.6. The summed E-state index contributed by atoms with van der Waals surface area (Å²) >= 11 is 0. The van der Waals surface area contributed by atoms with Crippen LogP contribution in [0.4, 0.5) is 14.5 Å². The number of sulfonamides is 1. The number of aromatic nitrogens is 2. The predicted octanol–water partition coefficient (Wildman–Crippen LogP) is 4.54. The SMILES string of the molecule is CCC(c1ccc(F)c(C(=O)c2c[nH]c3ncc(-c4cccc(N(C)C)c4)cc23)c1F)S(N)(=O)=O. The summed E-state index contributed by atoms with van der Waals surface area (Å²) in [6, 6.07) is 11.3. The zero-order valence-corrected chi connectivity index (χ0v) is 20.2. The lowest BCUT2D eigenvalue weighted by atomic mass is 9.97. The van der Waals surface area contributed by atoms with Crippen molar-refractivity contribution in [2.24, 2.45) is 5.14 Å². The van der Waals surface area contributed by atoms with Gasteiger partial charge in [-0.05, 0) is 36.2 Å². The molecular formula is C25H24F2N4O3S. The number of pyridine rings is 1. The van der Waals surface area contributed by atoms with Crippen molar-refractivity contribution in [1.29, 1.82) is 0 Å². The van der Waals surface area contributed by atoms with Crippen LogP contribution in [0.15, 0.2) is 54.9 Å². The highest BCUT2D eigenvalue weighted by Crippen LogP contribution is 2.32. The molecule has 2 aromatic heterocycles. The summed E-state index contributed by atoms with van der Waals surface area (Å²) in [5, 5.41) is 4.21. The third-order valence-electron chi connectivity index (χ3n) is 5.93. The molecule has 0 aliphatic heterocycles. The number of benzene rings is 2. The number of rotatable bonds is 7. The number of H-pyrrole nitrogens is 1. The van der Waals surface area contributed by atoms with Crippen molar-refractivity contribution in [1.82, 2.24) is 9.97 Å². The molecule has 182 valence electrons. The molecule has 4 rings (SSSR count). The number of primary sulfonamides is 1. The Kier molecular flexibility index (Phi) is 6.44. The van der Waals surface area contributed by atoms with Gasteiger partial charge in [-0.15, -0.1) is 0 Å². The second-order valence-corrected chi connectivity index (χ2v) is 10.2. The van der Waals surface area contributed by atoms with Crippen molar-refractivity contribution >= 4 is 32.5 Å². The molecule has 35 heavy (non-hydrogen) atoms. The average molecular weight is 499 g/mol. The Morgan fingerprint density at radius 2 is 1.89 bits per heavy atom. The van der Waals surface area contributed by atoms with Gasteiger partial charge in [0.1, 0.15) is 22.5 Å². The Morgan fingerprint density at radius 1 is 1.14 bits per heavy atom. The van der Waals surface area contributed by atoms with Crippen molar-refractivity contribution in [2.75, 3.05) is 19.0 Å². The number of nitrogens with one attached hydrogen (secondary N) is 1. The van der Waals surface area contributed by atoms with Gasteiger partial charge in [-0.2, -0.15) is 0 Å². The summed E-state index contributed by atoms with van der Waals surface area (Å²) in [7, 11) is -0.341. The molecule has 4 aromatic rings. The van der Waals surface area contributed by atoms with Gasteiger partial charge in [0.15, 0.2) is 0 Å². The molecule has 0 fully saturated rings. The Morgan fingerprint density at radius 3 is 2.54 bits per heavy atom. The lowest BCUT2D eigenvalue weighted by Gasteiger charge is -2.16. The number of hydrogen-bond acceptors (Lipinski definition) is 5. The fourth-order valence-electron chi connectivity index (χ4n) is 4.10. The summed E-state index contributed by atoms with van der Waals surface area (Å²) in [5.41, 5.74) is 1.72. The highest BCUT2D eigenvalue weighted by molar-refractivity contribution is 7.89. The second-order valence-electron chi connectivity index (χ2n) is 8.41. The summed E-state index contributed by atoms with van der Waals surface area (Å²) in [6.45, 7) is 1.51. The number of nitrogens with zero attached hydrogens (tertiary/aromatic N) is 2. The fourth-order valence-corrected chi connectivity index (χ4v) is 5.10. The van der Waals surface area contributed by atoms with E-state index in [0.29, 0.717) is 16.6 Å². The molecule has 0 spiro atoms. The first-order valence-electron chi connectivity index (χ1n) is 10.8. The summed E-state index contributed by atoms with van der Waals surface area (Å²) in [6.07, 6.45) is 2.94. The van der Waals surface area contributed by atoms with Crippen LogP contribution in [0.1, 0.15) is 40.1 Å². The maximum Gasteiger partial charge on any atom is 0.216 e. The van der Waals surface area contributed by atoms with Gasteiger partial charge in [-0.3, -0.25) is 4.79 Å². The number of aromatic amines is 1. The van der Waals surface area contributed by atoms with E-state index < -0.39 is 38.3 Å². The molecule has 0 saturated heterocycles. The smallest absolute Gasteiger partial charge is 0.216 e.